The van der Waals surface area contributed by atoms with Crippen molar-refractivity contribution in [2.45, 2.75) is 12.6 Å². The molecule has 1 atom stereocenters. The summed E-state index contributed by atoms with van der Waals surface area (Å²) in [6, 6.07) is 6.78. The fraction of sp³-hybridized carbons (Fsp3) is 0.214. The van der Waals surface area contributed by atoms with E-state index in [0.717, 1.165) is 11.6 Å². The Bertz CT molecular complexity index is 514. The highest BCUT2D eigenvalue weighted by Crippen LogP contribution is 2.11. The summed E-state index contributed by atoms with van der Waals surface area (Å²) < 4.78 is 25.9. The van der Waals surface area contributed by atoms with Crippen molar-refractivity contribution in [3.8, 4) is 0 Å². The lowest BCUT2D eigenvalue weighted by Crippen LogP contribution is -2.21. The van der Waals surface area contributed by atoms with Crippen LogP contribution in [0.5, 0.6) is 0 Å². The molecule has 0 spiro atoms. The molecule has 1 unspecified atom stereocenters. The molecule has 2 N–H and O–H groups in total. The Hall–Kier alpha value is -1.85. The van der Waals surface area contributed by atoms with E-state index >= 15 is 0 Å². The second-order valence-electron chi connectivity index (χ2n) is 4.20. The lowest BCUT2D eigenvalue weighted by molar-refractivity contribution is 0.174. The number of benzene rings is 1. The first-order chi connectivity index (χ1) is 9.15. The number of aliphatic hydroxyl groups is 1. The Morgan fingerprint density at radius 2 is 1.74 bits per heavy atom. The molecule has 0 aliphatic rings. The van der Waals surface area contributed by atoms with Crippen LogP contribution in [-0.2, 0) is 6.54 Å². The maximum Gasteiger partial charge on any atom is 0.126 e. The highest BCUT2D eigenvalue weighted by atomic mass is 19.1. The van der Waals surface area contributed by atoms with Crippen molar-refractivity contribution >= 4 is 0 Å². The molecule has 5 heteroatoms. The molecule has 0 saturated heterocycles. The van der Waals surface area contributed by atoms with Crippen LogP contribution in [0.4, 0.5) is 8.78 Å². The van der Waals surface area contributed by atoms with E-state index in [1.165, 1.54) is 12.1 Å². The van der Waals surface area contributed by atoms with E-state index in [-0.39, 0.29) is 6.54 Å². The first-order valence-corrected chi connectivity index (χ1v) is 5.89. The molecule has 1 aromatic heterocycles. The molecule has 0 fully saturated rings. The van der Waals surface area contributed by atoms with E-state index in [4.69, 9.17) is 0 Å². The van der Waals surface area contributed by atoms with Gasteiger partial charge in [0.15, 0.2) is 0 Å². The lowest BCUT2D eigenvalue weighted by atomic mass is 10.1. The van der Waals surface area contributed by atoms with Crippen LogP contribution in [0.25, 0.3) is 0 Å². The molecule has 0 aliphatic heterocycles. The SMILES string of the molecule is OC(CNCc1cc(F)cc(F)c1)c1ccncc1. The third-order valence-electron chi connectivity index (χ3n) is 2.68. The summed E-state index contributed by atoms with van der Waals surface area (Å²) in [6.07, 6.45) is 2.52. The maximum absolute atomic E-state index is 13.0. The van der Waals surface area contributed by atoms with Crippen molar-refractivity contribution in [1.29, 1.82) is 0 Å². The molecule has 19 heavy (non-hydrogen) atoms. The van der Waals surface area contributed by atoms with Crippen molar-refractivity contribution < 1.29 is 13.9 Å². The van der Waals surface area contributed by atoms with E-state index in [1.807, 2.05) is 0 Å². The van der Waals surface area contributed by atoms with Crippen LogP contribution in [-0.4, -0.2) is 16.6 Å². The van der Waals surface area contributed by atoms with Gasteiger partial charge >= 0.3 is 0 Å². The summed E-state index contributed by atoms with van der Waals surface area (Å²) in [5, 5.41) is 12.8. The van der Waals surface area contributed by atoms with Gasteiger partial charge in [-0.3, -0.25) is 4.98 Å². The number of rotatable bonds is 5. The molecule has 0 radical (unpaired) electrons. The van der Waals surface area contributed by atoms with Gasteiger partial charge in [-0.1, -0.05) is 0 Å². The smallest absolute Gasteiger partial charge is 0.126 e. The normalized spacial score (nSPS) is 12.4. The van der Waals surface area contributed by atoms with Gasteiger partial charge in [0.25, 0.3) is 0 Å². The minimum Gasteiger partial charge on any atom is -0.387 e. The first-order valence-electron chi connectivity index (χ1n) is 5.89. The van der Waals surface area contributed by atoms with E-state index in [0.29, 0.717) is 12.1 Å². The van der Waals surface area contributed by atoms with Crippen LogP contribution in [0.2, 0.25) is 0 Å². The van der Waals surface area contributed by atoms with Crippen molar-refractivity contribution in [3.63, 3.8) is 0 Å². The van der Waals surface area contributed by atoms with Gasteiger partial charge in [-0.2, -0.15) is 0 Å². The molecule has 100 valence electrons. The molecule has 0 amide bonds. The van der Waals surface area contributed by atoms with Gasteiger partial charge in [0.1, 0.15) is 11.6 Å². The molecule has 1 aromatic carbocycles. The summed E-state index contributed by atoms with van der Waals surface area (Å²) in [6.45, 7) is 0.582. The Morgan fingerprint density at radius 3 is 2.37 bits per heavy atom. The zero-order valence-electron chi connectivity index (χ0n) is 10.2. The van der Waals surface area contributed by atoms with Crippen molar-refractivity contribution in [2.24, 2.45) is 0 Å². The van der Waals surface area contributed by atoms with Crippen LogP contribution in [0.15, 0.2) is 42.7 Å². The monoisotopic (exact) mass is 264 g/mol. The Balaban J connectivity index is 1.86. The average molecular weight is 264 g/mol. The second-order valence-corrected chi connectivity index (χ2v) is 4.20. The molecular weight excluding hydrogens is 250 g/mol. The molecule has 0 aliphatic carbocycles. The molecule has 1 heterocycles. The number of aromatic nitrogens is 1. The number of nitrogens with zero attached hydrogens (tertiary/aromatic N) is 1. The molecule has 0 saturated carbocycles. The number of nitrogens with one attached hydrogen (secondary N) is 1. The molecule has 3 nitrogen and oxygen atoms in total. The summed E-state index contributed by atoms with van der Waals surface area (Å²) in [4.78, 5) is 3.86. The third kappa shape index (κ3) is 4.08. The lowest BCUT2D eigenvalue weighted by Gasteiger charge is -2.12. The predicted molar refractivity (Wildman–Crippen MR) is 67.3 cm³/mol. The van der Waals surface area contributed by atoms with Gasteiger partial charge in [-0.15, -0.1) is 0 Å². The van der Waals surface area contributed by atoms with E-state index < -0.39 is 17.7 Å². The summed E-state index contributed by atoms with van der Waals surface area (Å²) in [5.74, 6) is -1.21. The molecule has 2 aromatic rings. The van der Waals surface area contributed by atoms with Crippen molar-refractivity contribution in [2.75, 3.05) is 6.54 Å². The van der Waals surface area contributed by atoms with Gasteiger partial charge in [0, 0.05) is 31.5 Å². The molecular formula is C14H14F2N2O. The standard InChI is InChI=1S/C14H14F2N2O/c15-12-5-10(6-13(16)7-12)8-18-9-14(19)11-1-3-17-4-2-11/h1-7,14,18-19H,8-9H2. The number of pyridine rings is 1. The van der Waals surface area contributed by atoms with Gasteiger partial charge in [0.05, 0.1) is 6.10 Å². The zero-order valence-corrected chi connectivity index (χ0v) is 10.2. The molecule has 2 rings (SSSR count). The number of hydrogen-bond acceptors (Lipinski definition) is 3. The third-order valence-corrected chi connectivity index (χ3v) is 2.68. The minimum atomic E-state index is -0.679. The number of hydrogen-bond donors (Lipinski definition) is 2. The van der Waals surface area contributed by atoms with Crippen LogP contribution in [0, 0.1) is 11.6 Å². The first kappa shape index (κ1) is 13.6. The van der Waals surface area contributed by atoms with Crippen LogP contribution in [0.1, 0.15) is 17.2 Å². The Morgan fingerprint density at radius 1 is 1.11 bits per heavy atom. The summed E-state index contributed by atoms with van der Waals surface area (Å²) in [7, 11) is 0. The fourth-order valence-electron chi connectivity index (χ4n) is 1.77. The Kier molecular flexibility index (Phi) is 4.54. The van der Waals surface area contributed by atoms with Crippen molar-refractivity contribution in [1.82, 2.24) is 10.3 Å². The van der Waals surface area contributed by atoms with Gasteiger partial charge in [-0.25, -0.2) is 8.78 Å². The average Bonchev–Trinajstić information content (AvgIpc) is 2.38. The predicted octanol–water partition coefficient (Wildman–Crippen LogP) is 2.18. The van der Waals surface area contributed by atoms with E-state index in [1.54, 1.807) is 24.5 Å². The highest BCUT2D eigenvalue weighted by Gasteiger charge is 2.06. The molecule has 0 bridgehead atoms. The topological polar surface area (TPSA) is 45.1 Å². The number of aliphatic hydroxyl groups excluding tert-OH is 1. The fourth-order valence-corrected chi connectivity index (χ4v) is 1.77. The van der Waals surface area contributed by atoms with Crippen molar-refractivity contribution in [3.05, 3.63) is 65.5 Å². The van der Waals surface area contributed by atoms with Gasteiger partial charge in [0.2, 0.25) is 0 Å². The van der Waals surface area contributed by atoms with Crippen LogP contribution in [0.3, 0.4) is 0 Å². The summed E-state index contributed by atoms with van der Waals surface area (Å²) >= 11 is 0. The van der Waals surface area contributed by atoms with E-state index in [9.17, 15) is 13.9 Å². The van der Waals surface area contributed by atoms with Crippen LogP contribution < -0.4 is 5.32 Å². The zero-order chi connectivity index (χ0) is 13.7. The van der Waals surface area contributed by atoms with Gasteiger partial charge < -0.3 is 10.4 Å². The Labute approximate surface area is 109 Å². The largest absolute Gasteiger partial charge is 0.387 e. The number of halogens is 2. The van der Waals surface area contributed by atoms with E-state index in [2.05, 4.69) is 10.3 Å². The van der Waals surface area contributed by atoms with Gasteiger partial charge in [-0.05, 0) is 35.4 Å². The summed E-state index contributed by atoms with van der Waals surface area (Å²) in [5.41, 5.74) is 1.24. The second kappa shape index (κ2) is 6.36. The highest BCUT2D eigenvalue weighted by molar-refractivity contribution is 5.18. The minimum absolute atomic E-state index is 0.289. The quantitative estimate of drug-likeness (QED) is 0.870. The van der Waals surface area contributed by atoms with Crippen LogP contribution >= 0.6 is 0 Å². The maximum atomic E-state index is 13.0.